The van der Waals surface area contributed by atoms with Gasteiger partial charge in [-0.25, -0.2) is 0 Å². The van der Waals surface area contributed by atoms with Gasteiger partial charge in [0.05, 0.1) is 5.96 Å². The summed E-state index contributed by atoms with van der Waals surface area (Å²) < 4.78 is 4.10. The van der Waals surface area contributed by atoms with Crippen LogP contribution in [0.15, 0.2) is 5.10 Å². The summed E-state index contributed by atoms with van der Waals surface area (Å²) in [6, 6.07) is 0. The molecule has 0 aliphatic carbocycles. The van der Waals surface area contributed by atoms with Crippen LogP contribution >= 0.6 is 6.34 Å². The molecule has 0 rings (SSSR count). The molecule has 0 aliphatic heterocycles. The van der Waals surface area contributed by atoms with Crippen LogP contribution in [0, 0.1) is 0 Å². The molecular formula is C7H19N4PS. The minimum absolute atomic E-state index is 1.75. The number of nitrogens with zero attached hydrogens (tertiary/aromatic N) is 4. The first-order chi connectivity index (χ1) is 5.80. The Kier molecular flexibility index (Phi) is 5.07. The standard InChI is InChI=1S/C7H19N4PS/c1-9(2)8-7-12(13,10(3)4)11(5)6/h7H,1-6H3/b8-7+. The summed E-state index contributed by atoms with van der Waals surface area (Å²) in [6.07, 6.45) is -1.75. The molecule has 0 radical (unpaired) electrons. The van der Waals surface area contributed by atoms with Gasteiger partial charge in [-0.05, 0) is 28.2 Å². The first-order valence-corrected chi connectivity index (χ1v) is 6.76. The lowest BCUT2D eigenvalue weighted by Gasteiger charge is -2.31. The third kappa shape index (κ3) is 3.73. The molecule has 0 amide bonds. The molecule has 0 fully saturated rings. The normalized spacial score (nSPS) is 13.2. The SMILES string of the molecule is CN(C)/N=C/P(=S)(N(C)C)N(C)C. The molecule has 13 heavy (non-hydrogen) atoms. The van der Waals surface area contributed by atoms with E-state index in [4.69, 9.17) is 11.8 Å². The Labute approximate surface area is 86.3 Å². The molecule has 6 heteroatoms. The van der Waals surface area contributed by atoms with Crippen molar-refractivity contribution in [1.29, 1.82) is 0 Å². The van der Waals surface area contributed by atoms with Gasteiger partial charge in [0.15, 0.2) is 0 Å². The van der Waals surface area contributed by atoms with E-state index in [-0.39, 0.29) is 0 Å². The second-order valence-corrected chi connectivity index (χ2v) is 7.98. The quantitative estimate of drug-likeness (QED) is 0.401. The monoisotopic (exact) mass is 222 g/mol. The van der Waals surface area contributed by atoms with E-state index in [9.17, 15) is 0 Å². The van der Waals surface area contributed by atoms with Gasteiger partial charge in [-0.15, -0.1) is 0 Å². The van der Waals surface area contributed by atoms with Crippen LogP contribution in [0.3, 0.4) is 0 Å². The molecular weight excluding hydrogens is 203 g/mol. The van der Waals surface area contributed by atoms with Gasteiger partial charge in [-0.2, -0.15) is 5.10 Å². The summed E-state index contributed by atoms with van der Waals surface area (Å²) in [7, 11) is 11.7. The van der Waals surface area contributed by atoms with Crippen molar-refractivity contribution in [3.63, 3.8) is 0 Å². The van der Waals surface area contributed by atoms with Crippen molar-refractivity contribution < 1.29 is 0 Å². The summed E-state index contributed by atoms with van der Waals surface area (Å²) in [5, 5.41) is 5.97. The second kappa shape index (κ2) is 5.05. The maximum Gasteiger partial charge on any atom is 0.118 e. The highest BCUT2D eigenvalue weighted by molar-refractivity contribution is 8.19. The topological polar surface area (TPSA) is 22.1 Å². The summed E-state index contributed by atoms with van der Waals surface area (Å²) >= 11 is 5.56. The highest BCUT2D eigenvalue weighted by atomic mass is 32.4. The first kappa shape index (κ1) is 13.0. The summed E-state index contributed by atoms with van der Waals surface area (Å²) in [4.78, 5) is 0. The van der Waals surface area contributed by atoms with E-state index in [0.717, 1.165) is 0 Å². The minimum atomic E-state index is -1.75. The molecule has 0 saturated carbocycles. The zero-order valence-electron chi connectivity index (χ0n) is 9.22. The van der Waals surface area contributed by atoms with E-state index in [1.165, 1.54) is 0 Å². The molecule has 0 aromatic carbocycles. The van der Waals surface area contributed by atoms with Gasteiger partial charge < -0.3 is 5.01 Å². The molecule has 0 aliphatic rings. The van der Waals surface area contributed by atoms with Crippen molar-refractivity contribution in [1.82, 2.24) is 14.3 Å². The summed E-state index contributed by atoms with van der Waals surface area (Å²) in [6.45, 7) is 0. The van der Waals surface area contributed by atoms with Crippen molar-refractivity contribution in [3.05, 3.63) is 0 Å². The van der Waals surface area contributed by atoms with Crippen LogP contribution in [0.2, 0.25) is 0 Å². The van der Waals surface area contributed by atoms with Gasteiger partial charge >= 0.3 is 0 Å². The van der Waals surface area contributed by atoms with Crippen molar-refractivity contribution >= 4 is 24.1 Å². The van der Waals surface area contributed by atoms with E-state index >= 15 is 0 Å². The highest BCUT2D eigenvalue weighted by Gasteiger charge is 2.19. The lowest BCUT2D eigenvalue weighted by atomic mass is 11.2. The number of hydrogen-bond acceptors (Lipinski definition) is 3. The largest absolute Gasteiger partial charge is 0.303 e. The predicted molar refractivity (Wildman–Crippen MR) is 63.8 cm³/mol. The molecule has 0 aromatic rings. The fourth-order valence-corrected chi connectivity index (χ4v) is 2.33. The Hall–Kier alpha value is 0.0400. The Bertz CT molecular complexity index is 213. The van der Waals surface area contributed by atoms with Crippen molar-refractivity contribution in [2.45, 2.75) is 0 Å². The Morgan fingerprint density at radius 3 is 1.62 bits per heavy atom. The van der Waals surface area contributed by atoms with Crippen molar-refractivity contribution in [2.24, 2.45) is 5.10 Å². The van der Waals surface area contributed by atoms with Gasteiger partial charge in [0.25, 0.3) is 0 Å². The zero-order valence-corrected chi connectivity index (χ0v) is 10.9. The molecule has 0 atom stereocenters. The lowest BCUT2D eigenvalue weighted by Crippen LogP contribution is -2.22. The van der Waals surface area contributed by atoms with Crippen molar-refractivity contribution in [2.75, 3.05) is 42.3 Å². The molecule has 0 spiro atoms. The lowest BCUT2D eigenvalue weighted by molar-refractivity contribution is 0.440. The van der Waals surface area contributed by atoms with Crippen LogP contribution < -0.4 is 0 Å². The Morgan fingerprint density at radius 1 is 1.00 bits per heavy atom. The van der Waals surface area contributed by atoms with Gasteiger partial charge in [-0.3, -0.25) is 9.34 Å². The third-order valence-corrected chi connectivity index (χ3v) is 6.52. The van der Waals surface area contributed by atoms with Crippen LogP contribution in [-0.2, 0) is 11.8 Å². The van der Waals surface area contributed by atoms with Crippen LogP contribution in [-0.4, -0.2) is 62.6 Å². The number of hydrogen-bond donors (Lipinski definition) is 0. The third-order valence-electron chi connectivity index (χ3n) is 1.58. The van der Waals surface area contributed by atoms with Crippen LogP contribution in [0.4, 0.5) is 0 Å². The summed E-state index contributed by atoms with van der Waals surface area (Å²) in [5.74, 6) is 1.86. The molecule has 0 bridgehead atoms. The average molecular weight is 222 g/mol. The Morgan fingerprint density at radius 2 is 1.38 bits per heavy atom. The maximum absolute atomic E-state index is 5.56. The predicted octanol–water partition coefficient (Wildman–Crippen LogP) is 0.924. The first-order valence-electron chi connectivity index (χ1n) is 3.98. The van der Waals surface area contributed by atoms with E-state index in [0.29, 0.717) is 0 Å². The number of rotatable bonds is 4. The maximum atomic E-state index is 5.56. The highest BCUT2D eigenvalue weighted by Crippen LogP contribution is 2.46. The molecule has 78 valence electrons. The molecule has 0 N–H and O–H groups in total. The molecule has 0 saturated heterocycles. The molecule has 0 heterocycles. The van der Waals surface area contributed by atoms with Crippen LogP contribution in [0.5, 0.6) is 0 Å². The minimum Gasteiger partial charge on any atom is -0.303 e. The number of hydrazone groups is 1. The van der Waals surface area contributed by atoms with Gasteiger partial charge in [0, 0.05) is 14.1 Å². The fourth-order valence-electron chi connectivity index (χ4n) is 0.735. The average Bonchev–Trinajstić information content (AvgIpc) is 1.99. The van der Waals surface area contributed by atoms with Crippen LogP contribution in [0.1, 0.15) is 0 Å². The Balaban J connectivity index is 4.73. The van der Waals surface area contributed by atoms with E-state index in [1.807, 2.05) is 48.2 Å². The summed E-state index contributed by atoms with van der Waals surface area (Å²) in [5.41, 5.74) is 0. The van der Waals surface area contributed by atoms with E-state index in [2.05, 4.69) is 14.4 Å². The zero-order chi connectivity index (χ0) is 10.6. The second-order valence-electron chi connectivity index (χ2n) is 3.36. The van der Waals surface area contributed by atoms with E-state index in [1.54, 1.807) is 5.01 Å². The van der Waals surface area contributed by atoms with Gasteiger partial charge in [-0.1, -0.05) is 11.8 Å². The van der Waals surface area contributed by atoms with E-state index < -0.39 is 6.34 Å². The molecule has 0 aromatic heterocycles. The van der Waals surface area contributed by atoms with Gasteiger partial charge in [0.1, 0.15) is 6.34 Å². The van der Waals surface area contributed by atoms with Gasteiger partial charge in [0.2, 0.25) is 0 Å². The molecule has 0 unspecified atom stereocenters. The van der Waals surface area contributed by atoms with Crippen LogP contribution in [0.25, 0.3) is 0 Å². The smallest absolute Gasteiger partial charge is 0.118 e. The molecule has 4 nitrogen and oxygen atoms in total. The van der Waals surface area contributed by atoms with Crippen molar-refractivity contribution in [3.8, 4) is 0 Å². The fraction of sp³-hybridized carbons (Fsp3) is 0.857.